The van der Waals surface area contributed by atoms with Crippen molar-refractivity contribution in [2.45, 2.75) is 6.92 Å². The van der Waals surface area contributed by atoms with Gasteiger partial charge in [-0.1, -0.05) is 12.1 Å². The number of methoxy groups -OCH3 is 2. The van der Waals surface area contributed by atoms with Crippen LogP contribution in [0.4, 0.5) is 11.6 Å². The highest BCUT2D eigenvalue weighted by atomic mass is 32.1. The third-order valence-electron chi connectivity index (χ3n) is 4.36. The number of imidazole rings is 1. The fourth-order valence-corrected chi connectivity index (χ4v) is 3.29. The molecule has 0 fully saturated rings. The van der Waals surface area contributed by atoms with Crippen LogP contribution < -0.4 is 14.8 Å². The first-order valence-corrected chi connectivity index (χ1v) is 9.05. The molecule has 0 aliphatic carbocycles. The van der Waals surface area contributed by atoms with Gasteiger partial charge in [-0.15, -0.1) is 0 Å². The fourth-order valence-electron chi connectivity index (χ4n) is 3.00. The second kappa shape index (κ2) is 7.32. The topological polar surface area (TPSA) is 77.0 Å². The van der Waals surface area contributed by atoms with Crippen LogP contribution in [0, 0.1) is 11.7 Å². The number of hydrogen-bond acceptors (Lipinski definition) is 6. The maximum atomic E-state index is 5.54. The summed E-state index contributed by atoms with van der Waals surface area (Å²) >= 11 is 5.54. The van der Waals surface area contributed by atoms with Crippen molar-refractivity contribution in [1.82, 2.24) is 19.5 Å². The normalized spacial score (nSPS) is 10.8. The zero-order valence-corrected chi connectivity index (χ0v) is 16.5. The molecule has 0 bridgehead atoms. The zero-order valence-electron chi connectivity index (χ0n) is 15.7. The molecule has 8 heteroatoms. The first-order valence-electron chi connectivity index (χ1n) is 8.64. The van der Waals surface area contributed by atoms with E-state index in [1.54, 1.807) is 14.2 Å². The number of nitrogens with zero attached hydrogens (tertiary/aromatic N) is 3. The quantitative estimate of drug-likeness (QED) is 0.485. The van der Waals surface area contributed by atoms with E-state index in [4.69, 9.17) is 26.7 Å². The molecule has 2 heterocycles. The summed E-state index contributed by atoms with van der Waals surface area (Å²) in [5, 5.41) is 3.23. The molecule has 2 aromatic heterocycles. The monoisotopic (exact) mass is 393 g/mol. The Balaban J connectivity index is 1.83. The van der Waals surface area contributed by atoms with E-state index in [1.807, 2.05) is 60.0 Å². The maximum Gasteiger partial charge on any atom is 0.229 e. The number of fused-ring (bicyclic) bond motifs is 1. The molecule has 0 unspecified atom stereocenters. The van der Waals surface area contributed by atoms with E-state index in [1.165, 1.54) is 0 Å². The lowest BCUT2D eigenvalue weighted by Crippen LogP contribution is -2.02. The van der Waals surface area contributed by atoms with Crippen LogP contribution in [0.3, 0.4) is 0 Å². The highest BCUT2D eigenvalue weighted by Gasteiger charge is 2.14. The minimum Gasteiger partial charge on any atom is -0.497 e. The Labute approximate surface area is 167 Å². The molecule has 0 atom stereocenters. The van der Waals surface area contributed by atoms with E-state index in [2.05, 4.69) is 15.3 Å². The van der Waals surface area contributed by atoms with Gasteiger partial charge in [-0.25, -0.2) is 4.98 Å². The summed E-state index contributed by atoms with van der Waals surface area (Å²) in [5.74, 6) is 1.97. The SMILES string of the molecule is COc1cccc(Nc2nc(C)c3[nH]c(=S)n(-c4cccc(OC)c4)c3n2)c1. The van der Waals surface area contributed by atoms with Crippen LogP contribution in [0.5, 0.6) is 11.5 Å². The Morgan fingerprint density at radius 3 is 2.46 bits per heavy atom. The van der Waals surface area contributed by atoms with Crippen LogP contribution in [0.15, 0.2) is 48.5 Å². The number of benzene rings is 2. The van der Waals surface area contributed by atoms with Crippen molar-refractivity contribution >= 4 is 35.0 Å². The predicted molar refractivity (Wildman–Crippen MR) is 112 cm³/mol. The van der Waals surface area contributed by atoms with Crippen LogP contribution in [-0.2, 0) is 0 Å². The summed E-state index contributed by atoms with van der Waals surface area (Å²) in [5.41, 5.74) is 3.98. The summed E-state index contributed by atoms with van der Waals surface area (Å²) in [6.45, 7) is 1.92. The van der Waals surface area contributed by atoms with Crippen LogP contribution in [0.1, 0.15) is 5.69 Å². The number of aromatic nitrogens is 4. The first kappa shape index (κ1) is 18.0. The summed E-state index contributed by atoms with van der Waals surface area (Å²) in [7, 11) is 3.27. The summed E-state index contributed by atoms with van der Waals surface area (Å²) in [4.78, 5) is 12.5. The number of nitrogens with one attached hydrogen (secondary N) is 2. The third-order valence-corrected chi connectivity index (χ3v) is 4.64. The van der Waals surface area contributed by atoms with Gasteiger partial charge in [0.2, 0.25) is 5.95 Å². The van der Waals surface area contributed by atoms with E-state index >= 15 is 0 Å². The second-order valence-electron chi connectivity index (χ2n) is 6.16. The Bertz CT molecular complexity index is 1210. The van der Waals surface area contributed by atoms with Gasteiger partial charge in [0.25, 0.3) is 0 Å². The number of aryl methyl sites for hydroxylation is 1. The number of rotatable bonds is 5. The third kappa shape index (κ3) is 3.29. The molecule has 0 aliphatic rings. The van der Waals surface area contributed by atoms with Gasteiger partial charge in [-0.05, 0) is 43.4 Å². The lowest BCUT2D eigenvalue weighted by molar-refractivity contribution is 0.414. The Kier molecular flexibility index (Phi) is 4.70. The summed E-state index contributed by atoms with van der Waals surface area (Å²) < 4.78 is 13.0. The molecule has 2 aromatic carbocycles. The highest BCUT2D eigenvalue weighted by molar-refractivity contribution is 7.71. The van der Waals surface area contributed by atoms with Gasteiger partial charge in [0.1, 0.15) is 17.0 Å². The van der Waals surface area contributed by atoms with Gasteiger partial charge in [0, 0.05) is 17.8 Å². The van der Waals surface area contributed by atoms with Crippen LogP contribution in [-0.4, -0.2) is 33.7 Å². The molecule has 0 saturated heterocycles. The summed E-state index contributed by atoms with van der Waals surface area (Å²) in [6, 6.07) is 15.3. The summed E-state index contributed by atoms with van der Waals surface area (Å²) in [6.07, 6.45) is 0. The smallest absolute Gasteiger partial charge is 0.229 e. The van der Waals surface area contributed by atoms with Crippen molar-refractivity contribution in [1.29, 1.82) is 0 Å². The van der Waals surface area contributed by atoms with E-state index in [0.29, 0.717) is 16.4 Å². The molecule has 7 nitrogen and oxygen atoms in total. The van der Waals surface area contributed by atoms with Crippen molar-refractivity contribution in [3.63, 3.8) is 0 Å². The number of anilines is 2. The largest absolute Gasteiger partial charge is 0.497 e. The van der Waals surface area contributed by atoms with E-state index in [9.17, 15) is 0 Å². The number of ether oxygens (including phenoxy) is 2. The number of aromatic amines is 1. The van der Waals surface area contributed by atoms with Gasteiger partial charge in [-0.3, -0.25) is 4.57 Å². The van der Waals surface area contributed by atoms with E-state index < -0.39 is 0 Å². The van der Waals surface area contributed by atoms with Gasteiger partial charge >= 0.3 is 0 Å². The van der Waals surface area contributed by atoms with Crippen molar-refractivity contribution in [2.75, 3.05) is 19.5 Å². The fraction of sp³-hybridized carbons (Fsp3) is 0.150. The number of hydrogen-bond donors (Lipinski definition) is 2. The molecule has 0 amide bonds. The van der Waals surface area contributed by atoms with Crippen molar-refractivity contribution < 1.29 is 9.47 Å². The number of H-pyrrole nitrogens is 1. The average Bonchev–Trinajstić information content (AvgIpc) is 3.04. The average molecular weight is 393 g/mol. The minimum absolute atomic E-state index is 0.476. The van der Waals surface area contributed by atoms with Gasteiger partial charge in [0.05, 0.1) is 25.6 Å². The first-order chi connectivity index (χ1) is 13.6. The van der Waals surface area contributed by atoms with Crippen molar-refractivity contribution in [3.05, 3.63) is 59.0 Å². The second-order valence-corrected chi connectivity index (χ2v) is 6.54. The Hall–Kier alpha value is -3.39. The van der Waals surface area contributed by atoms with Crippen molar-refractivity contribution in [3.8, 4) is 17.2 Å². The standard InChI is InChI=1S/C20H19N5O2S/c1-12-17-18(24-19(21-12)22-13-6-4-8-15(10-13)26-2)25(20(28)23-17)14-7-5-9-16(11-14)27-3/h4-11H,1-3H3,(H,23,28)(H,21,22,24). The van der Waals surface area contributed by atoms with E-state index in [-0.39, 0.29) is 0 Å². The van der Waals surface area contributed by atoms with Crippen LogP contribution >= 0.6 is 12.2 Å². The molecule has 2 N–H and O–H groups in total. The van der Waals surface area contributed by atoms with Gasteiger partial charge in [-0.2, -0.15) is 4.98 Å². The maximum absolute atomic E-state index is 5.54. The molecule has 0 saturated carbocycles. The Morgan fingerprint density at radius 1 is 1.00 bits per heavy atom. The molecule has 142 valence electrons. The van der Waals surface area contributed by atoms with Crippen LogP contribution in [0.2, 0.25) is 0 Å². The lowest BCUT2D eigenvalue weighted by Gasteiger charge is -2.09. The molecule has 0 radical (unpaired) electrons. The van der Waals surface area contributed by atoms with Gasteiger partial charge < -0.3 is 19.8 Å². The molecular formula is C20H19N5O2S. The zero-order chi connectivity index (χ0) is 19.7. The molecule has 0 aliphatic heterocycles. The lowest BCUT2D eigenvalue weighted by atomic mass is 10.3. The van der Waals surface area contributed by atoms with Crippen molar-refractivity contribution in [2.24, 2.45) is 0 Å². The van der Waals surface area contributed by atoms with Gasteiger partial charge in [0.15, 0.2) is 10.4 Å². The molecule has 28 heavy (non-hydrogen) atoms. The molecule has 4 rings (SSSR count). The molecule has 0 spiro atoms. The highest BCUT2D eigenvalue weighted by Crippen LogP contribution is 2.25. The Morgan fingerprint density at radius 2 is 1.71 bits per heavy atom. The van der Waals surface area contributed by atoms with E-state index in [0.717, 1.165) is 34.1 Å². The predicted octanol–water partition coefficient (Wildman–Crippen LogP) is 4.55. The minimum atomic E-state index is 0.476. The van der Waals surface area contributed by atoms with Crippen LogP contribution in [0.25, 0.3) is 16.9 Å². The molecular weight excluding hydrogens is 374 g/mol. The molecule has 4 aromatic rings.